The molecule has 0 amide bonds. The predicted octanol–water partition coefficient (Wildman–Crippen LogP) is 1.96. The van der Waals surface area contributed by atoms with Crippen molar-refractivity contribution in [2.24, 2.45) is 0 Å². The molecular formula is C11H15F2N3O4S. The van der Waals surface area contributed by atoms with Crippen molar-refractivity contribution in [3.05, 3.63) is 28.3 Å². The third-order valence-corrected chi connectivity index (χ3v) is 3.94. The van der Waals surface area contributed by atoms with Gasteiger partial charge in [-0.25, -0.2) is 21.9 Å². The van der Waals surface area contributed by atoms with E-state index in [4.69, 9.17) is 0 Å². The third-order valence-electron chi connectivity index (χ3n) is 2.46. The van der Waals surface area contributed by atoms with E-state index >= 15 is 0 Å². The number of non-ortho nitro benzene ring substituents is 1. The molecule has 0 radical (unpaired) electrons. The monoisotopic (exact) mass is 323 g/mol. The van der Waals surface area contributed by atoms with Gasteiger partial charge in [0.25, 0.3) is 12.1 Å². The molecule has 1 aromatic carbocycles. The summed E-state index contributed by atoms with van der Waals surface area (Å²) in [5, 5.41) is 13.5. The van der Waals surface area contributed by atoms with Crippen LogP contribution in [0.4, 0.5) is 20.2 Å². The second-order valence-electron chi connectivity index (χ2n) is 4.11. The predicted molar refractivity (Wildman–Crippen MR) is 73.1 cm³/mol. The molecule has 1 aromatic rings. The van der Waals surface area contributed by atoms with Gasteiger partial charge in [-0.05, 0) is 12.5 Å². The van der Waals surface area contributed by atoms with Crippen LogP contribution in [-0.4, -0.2) is 32.9 Å². The molecule has 0 bridgehead atoms. The first-order valence-electron chi connectivity index (χ1n) is 6.08. The van der Waals surface area contributed by atoms with Crippen LogP contribution in [0, 0.1) is 10.1 Å². The second kappa shape index (κ2) is 7.27. The average Bonchev–Trinajstić information content (AvgIpc) is 2.42. The summed E-state index contributed by atoms with van der Waals surface area (Å²) < 4.78 is 49.9. The lowest BCUT2D eigenvalue weighted by Crippen LogP contribution is -2.29. The number of rotatable bonds is 8. The van der Waals surface area contributed by atoms with E-state index in [2.05, 4.69) is 5.32 Å². The normalized spacial score (nSPS) is 11.6. The van der Waals surface area contributed by atoms with E-state index in [1.165, 1.54) is 0 Å². The van der Waals surface area contributed by atoms with Gasteiger partial charge in [-0.3, -0.25) is 10.1 Å². The van der Waals surface area contributed by atoms with E-state index in [1.54, 1.807) is 4.72 Å². The highest BCUT2D eigenvalue weighted by atomic mass is 32.2. The van der Waals surface area contributed by atoms with Gasteiger partial charge in [-0.2, -0.15) is 0 Å². The van der Waals surface area contributed by atoms with E-state index in [-0.39, 0.29) is 16.3 Å². The molecule has 0 heterocycles. The van der Waals surface area contributed by atoms with Crippen LogP contribution in [0.5, 0.6) is 0 Å². The molecule has 0 aliphatic rings. The fourth-order valence-electron chi connectivity index (χ4n) is 1.51. The van der Waals surface area contributed by atoms with Crippen LogP contribution in [0.25, 0.3) is 0 Å². The molecule has 21 heavy (non-hydrogen) atoms. The lowest BCUT2D eigenvalue weighted by atomic mass is 10.2. The molecule has 0 aliphatic heterocycles. The molecule has 0 fully saturated rings. The first-order chi connectivity index (χ1) is 9.77. The fourth-order valence-corrected chi connectivity index (χ4v) is 2.68. The number of benzene rings is 1. The Kier molecular flexibility index (Phi) is 5.97. The minimum atomic E-state index is -4.17. The van der Waals surface area contributed by atoms with E-state index in [1.807, 2.05) is 6.92 Å². The first kappa shape index (κ1) is 17.2. The highest BCUT2D eigenvalue weighted by Gasteiger charge is 2.22. The summed E-state index contributed by atoms with van der Waals surface area (Å²) >= 11 is 0. The highest BCUT2D eigenvalue weighted by Crippen LogP contribution is 2.26. The first-order valence-corrected chi connectivity index (χ1v) is 7.56. The zero-order valence-corrected chi connectivity index (χ0v) is 12.0. The van der Waals surface area contributed by atoms with Gasteiger partial charge in [0.2, 0.25) is 10.0 Å². The summed E-state index contributed by atoms with van der Waals surface area (Å²) in [6.07, 6.45) is -2.17. The molecule has 1 rings (SSSR count). The van der Waals surface area contributed by atoms with Gasteiger partial charge in [0, 0.05) is 18.7 Å². The van der Waals surface area contributed by atoms with Crippen molar-refractivity contribution in [3.8, 4) is 0 Å². The van der Waals surface area contributed by atoms with E-state index < -0.39 is 27.9 Å². The molecule has 118 valence electrons. The fraction of sp³-hybridized carbons (Fsp3) is 0.455. The minimum Gasteiger partial charge on any atom is -0.384 e. The number of hydrogen-bond donors (Lipinski definition) is 2. The Morgan fingerprint density at radius 2 is 2.05 bits per heavy atom. The minimum absolute atomic E-state index is 0.00724. The molecule has 2 N–H and O–H groups in total. The molecule has 0 saturated heterocycles. The van der Waals surface area contributed by atoms with Gasteiger partial charge in [-0.15, -0.1) is 0 Å². The summed E-state index contributed by atoms with van der Waals surface area (Å²) in [7, 11) is -4.17. The molecule has 7 nitrogen and oxygen atoms in total. The number of anilines is 1. The number of hydrogen-bond acceptors (Lipinski definition) is 5. The Balaban J connectivity index is 3.17. The summed E-state index contributed by atoms with van der Waals surface area (Å²) in [6.45, 7) is 1.19. The molecular weight excluding hydrogens is 308 g/mol. The molecule has 0 saturated carbocycles. The Hall–Kier alpha value is -1.81. The van der Waals surface area contributed by atoms with Crippen molar-refractivity contribution in [1.82, 2.24) is 4.72 Å². The third kappa shape index (κ3) is 4.90. The summed E-state index contributed by atoms with van der Waals surface area (Å²) in [4.78, 5) is 9.75. The average molecular weight is 323 g/mol. The summed E-state index contributed by atoms with van der Waals surface area (Å²) in [5.74, 6) is 0. The van der Waals surface area contributed by atoms with Crippen LogP contribution in [0.1, 0.15) is 13.3 Å². The molecule has 0 aliphatic carbocycles. The summed E-state index contributed by atoms with van der Waals surface area (Å²) in [5.41, 5.74) is -0.283. The second-order valence-corrected chi connectivity index (χ2v) is 5.84. The maximum absolute atomic E-state index is 12.1. The number of nitrogens with zero attached hydrogens (tertiary/aromatic N) is 1. The van der Waals surface area contributed by atoms with Gasteiger partial charge in [0.15, 0.2) is 0 Å². The lowest BCUT2D eigenvalue weighted by Gasteiger charge is -2.12. The highest BCUT2D eigenvalue weighted by molar-refractivity contribution is 7.89. The quantitative estimate of drug-likeness (QED) is 0.562. The van der Waals surface area contributed by atoms with Crippen LogP contribution in [0.2, 0.25) is 0 Å². The van der Waals surface area contributed by atoms with Crippen LogP contribution in [-0.2, 0) is 10.0 Å². The molecule has 0 spiro atoms. The molecule has 0 unspecified atom stereocenters. The van der Waals surface area contributed by atoms with Crippen molar-refractivity contribution >= 4 is 21.4 Å². The number of nitro groups is 1. The molecule has 10 heteroatoms. The van der Waals surface area contributed by atoms with Crippen molar-refractivity contribution in [2.75, 3.05) is 18.4 Å². The van der Waals surface area contributed by atoms with Gasteiger partial charge in [0.1, 0.15) is 4.90 Å². The number of nitro benzene ring substituents is 1. The zero-order valence-electron chi connectivity index (χ0n) is 11.2. The van der Waals surface area contributed by atoms with E-state index in [9.17, 15) is 27.3 Å². The van der Waals surface area contributed by atoms with Crippen LogP contribution < -0.4 is 10.0 Å². The van der Waals surface area contributed by atoms with E-state index in [0.29, 0.717) is 13.0 Å². The Morgan fingerprint density at radius 1 is 1.38 bits per heavy atom. The number of nitrogens with one attached hydrogen (secondary N) is 2. The topological polar surface area (TPSA) is 101 Å². The van der Waals surface area contributed by atoms with Crippen molar-refractivity contribution in [3.63, 3.8) is 0 Å². The number of halogens is 2. The lowest BCUT2D eigenvalue weighted by molar-refractivity contribution is -0.384. The standard InChI is InChI=1S/C11H15F2N3O4S/c1-2-5-14-9-6-8(16(17)18)3-4-10(9)21(19,20)15-7-11(12)13/h3-4,6,11,14-15H,2,5,7H2,1H3. The Labute approximate surface area is 120 Å². The van der Waals surface area contributed by atoms with Gasteiger partial charge in [0.05, 0.1) is 17.2 Å². The van der Waals surface area contributed by atoms with Gasteiger partial charge >= 0.3 is 0 Å². The van der Waals surface area contributed by atoms with Crippen LogP contribution in [0.15, 0.2) is 23.1 Å². The zero-order chi connectivity index (χ0) is 16.0. The smallest absolute Gasteiger partial charge is 0.271 e. The number of sulfonamides is 1. The maximum atomic E-state index is 12.1. The van der Waals surface area contributed by atoms with Gasteiger partial charge < -0.3 is 5.32 Å². The van der Waals surface area contributed by atoms with Crippen molar-refractivity contribution in [1.29, 1.82) is 0 Å². The van der Waals surface area contributed by atoms with Gasteiger partial charge in [-0.1, -0.05) is 6.92 Å². The van der Waals surface area contributed by atoms with E-state index in [0.717, 1.165) is 18.2 Å². The van der Waals surface area contributed by atoms with Crippen molar-refractivity contribution in [2.45, 2.75) is 24.7 Å². The molecule has 0 aromatic heterocycles. The Morgan fingerprint density at radius 3 is 2.57 bits per heavy atom. The number of alkyl halides is 2. The van der Waals surface area contributed by atoms with Crippen LogP contribution in [0.3, 0.4) is 0 Å². The summed E-state index contributed by atoms with van der Waals surface area (Å²) in [6, 6.07) is 3.09. The van der Waals surface area contributed by atoms with Crippen molar-refractivity contribution < 1.29 is 22.1 Å². The Bertz CT molecular complexity index is 607. The molecule has 0 atom stereocenters. The van der Waals surface area contributed by atoms with Crippen LogP contribution >= 0.6 is 0 Å². The largest absolute Gasteiger partial charge is 0.384 e. The maximum Gasteiger partial charge on any atom is 0.271 e. The SMILES string of the molecule is CCCNc1cc([N+](=O)[O-])ccc1S(=O)(=O)NCC(F)F.